The van der Waals surface area contributed by atoms with E-state index in [-0.39, 0.29) is 18.3 Å². The van der Waals surface area contributed by atoms with Gasteiger partial charge in [-0.2, -0.15) is 0 Å². The van der Waals surface area contributed by atoms with Crippen molar-refractivity contribution in [2.24, 2.45) is 0 Å². The molecule has 0 saturated heterocycles. The minimum Gasteiger partial charge on any atom is -0.467 e. The molecule has 0 bridgehead atoms. The van der Waals surface area contributed by atoms with E-state index >= 15 is 0 Å². The van der Waals surface area contributed by atoms with Crippen LogP contribution in [0.15, 0.2) is 17.2 Å². The van der Waals surface area contributed by atoms with E-state index in [1.54, 1.807) is 17.0 Å². The van der Waals surface area contributed by atoms with Crippen LogP contribution in [0.25, 0.3) is 0 Å². The molecule has 2 rings (SSSR count). The zero-order valence-electron chi connectivity index (χ0n) is 9.92. The molecule has 6 nitrogen and oxygen atoms in total. The minimum absolute atomic E-state index is 0.0990. The molecule has 1 atom stereocenters. The van der Waals surface area contributed by atoms with Crippen LogP contribution >= 0.6 is 0 Å². The lowest BCUT2D eigenvalue weighted by Gasteiger charge is -2.19. The van der Waals surface area contributed by atoms with Crippen LogP contribution in [-0.4, -0.2) is 32.9 Å². The Labute approximate surface area is 98.4 Å². The molecule has 1 N–H and O–H groups in total. The maximum atomic E-state index is 11.9. The van der Waals surface area contributed by atoms with Gasteiger partial charge in [0.15, 0.2) is 5.60 Å². The second-order valence-corrected chi connectivity index (χ2v) is 4.61. The molecule has 1 unspecified atom stereocenters. The van der Waals surface area contributed by atoms with Gasteiger partial charge in [-0.15, -0.1) is 0 Å². The van der Waals surface area contributed by atoms with Crippen LogP contribution in [0, 0.1) is 0 Å². The zero-order chi connectivity index (χ0) is 12.6. The third kappa shape index (κ3) is 2.26. The molecule has 1 aliphatic carbocycles. The van der Waals surface area contributed by atoms with Crippen LogP contribution in [0.2, 0.25) is 0 Å². The summed E-state index contributed by atoms with van der Waals surface area (Å²) in [5.41, 5.74) is -1.88. The molecule has 1 heterocycles. The van der Waals surface area contributed by atoms with Gasteiger partial charge in [0.1, 0.15) is 0 Å². The SMILES string of the molecule is COC(=O)C(C)(O)Cn1ccn(C2CC2)c1=O. The van der Waals surface area contributed by atoms with Gasteiger partial charge < -0.3 is 9.84 Å². The van der Waals surface area contributed by atoms with E-state index in [1.165, 1.54) is 18.6 Å². The molecule has 1 saturated carbocycles. The Balaban J connectivity index is 2.18. The summed E-state index contributed by atoms with van der Waals surface area (Å²) in [6, 6.07) is 0.284. The van der Waals surface area contributed by atoms with E-state index < -0.39 is 11.6 Å². The van der Waals surface area contributed by atoms with Gasteiger partial charge in [-0.05, 0) is 19.8 Å². The number of hydrogen-bond acceptors (Lipinski definition) is 4. The fourth-order valence-electron chi connectivity index (χ4n) is 1.80. The van der Waals surface area contributed by atoms with Crippen molar-refractivity contribution in [1.29, 1.82) is 0 Å². The fourth-order valence-corrected chi connectivity index (χ4v) is 1.80. The third-order valence-electron chi connectivity index (χ3n) is 2.92. The Morgan fingerprint density at radius 1 is 1.59 bits per heavy atom. The fraction of sp³-hybridized carbons (Fsp3) is 0.636. The summed E-state index contributed by atoms with van der Waals surface area (Å²) >= 11 is 0. The highest BCUT2D eigenvalue weighted by atomic mass is 16.5. The van der Waals surface area contributed by atoms with E-state index in [2.05, 4.69) is 4.74 Å². The maximum Gasteiger partial charge on any atom is 0.339 e. The van der Waals surface area contributed by atoms with Crippen LogP contribution in [0.5, 0.6) is 0 Å². The first-order valence-corrected chi connectivity index (χ1v) is 5.54. The molecular formula is C11H16N2O4. The summed E-state index contributed by atoms with van der Waals surface area (Å²) in [6.45, 7) is 1.23. The molecule has 0 radical (unpaired) electrons. The lowest BCUT2D eigenvalue weighted by Crippen LogP contribution is -2.43. The van der Waals surface area contributed by atoms with Crippen LogP contribution in [0.1, 0.15) is 25.8 Å². The minimum atomic E-state index is -1.69. The maximum absolute atomic E-state index is 11.9. The number of carbonyl (C=O) groups is 1. The van der Waals surface area contributed by atoms with Crippen molar-refractivity contribution in [3.8, 4) is 0 Å². The molecule has 0 amide bonds. The number of rotatable bonds is 4. The normalized spacial score (nSPS) is 18.8. The van der Waals surface area contributed by atoms with Gasteiger partial charge in [0.25, 0.3) is 0 Å². The molecule has 1 fully saturated rings. The highest BCUT2D eigenvalue weighted by molar-refractivity contribution is 5.78. The van der Waals surface area contributed by atoms with Gasteiger partial charge in [0.05, 0.1) is 13.7 Å². The van der Waals surface area contributed by atoms with Crippen LogP contribution < -0.4 is 5.69 Å². The molecule has 0 aliphatic heterocycles. The van der Waals surface area contributed by atoms with E-state index in [0.717, 1.165) is 12.8 Å². The number of esters is 1. The van der Waals surface area contributed by atoms with E-state index in [9.17, 15) is 14.7 Å². The average molecular weight is 240 g/mol. The smallest absolute Gasteiger partial charge is 0.339 e. The van der Waals surface area contributed by atoms with E-state index in [0.29, 0.717) is 0 Å². The highest BCUT2D eigenvalue weighted by Gasteiger charge is 2.33. The first-order valence-electron chi connectivity index (χ1n) is 5.54. The molecule has 1 aromatic heterocycles. The molecule has 0 aromatic carbocycles. The topological polar surface area (TPSA) is 73.5 Å². The number of aliphatic hydroxyl groups is 1. The predicted molar refractivity (Wildman–Crippen MR) is 59.6 cm³/mol. The van der Waals surface area contributed by atoms with Gasteiger partial charge in [-0.3, -0.25) is 9.13 Å². The Bertz CT molecular complexity index is 482. The van der Waals surface area contributed by atoms with Crippen LogP contribution in [-0.2, 0) is 16.1 Å². The molecule has 1 aromatic rings. The predicted octanol–water partition coefficient (Wildman–Crippen LogP) is -0.0913. The molecular weight excluding hydrogens is 224 g/mol. The summed E-state index contributed by atoms with van der Waals surface area (Å²) in [6.07, 6.45) is 5.29. The second-order valence-electron chi connectivity index (χ2n) is 4.61. The molecule has 0 spiro atoms. The van der Waals surface area contributed by atoms with Crippen molar-refractivity contribution in [3.05, 3.63) is 22.9 Å². The zero-order valence-corrected chi connectivity index (χ0v) is 9.92. The summed E-state index contributed by atoms with van der Waals surface area (Å²) in [7, 11) is 1.20. The Morgan fingerprint density at radius 2 is 2.24 bits per heavy atom. The number of ether oxygens (including phenoxy) is 1. The molecule has 1 aliphatic rings. The van der Waals surface area contributed by atoms with Crippen molar-refractivity contribution in [1.82, 2.24) is 9.13 Å². The molecule has 6 heteroatoms. The molecule has 17 heavy (non-hydrogen) atoms. The lowest BCUT2D eigenvalue weighted by atomic mass is 10.1. The van der Waals surface area contributed by atoms with Gasteiger partial charge in [-0.1, -0.05) is 0 Å². The van der Waals surface area contributed by atoms with Crippen molar-refractivity contribution < 1.29 is 14.6 Å². The van der Waals surface area contributed by atoms with Gasteiger partial charge in [-0.25, -0.2) is 9.59 Å². The van der Waals surface area contributed by atoms with Gasteiger partial charge in [0.2, 0.25) is 0 Å². The Kier molecular flexibility index (Phi) is 2.82. The largest absolute Gasteiger partial charge is 0.467 e. The average Bonchev–Trinajstić information content (AvgIpc) is 3.05. The lowest BCUT2D eigenvalue weighted by molar-refractivity contribution is -0.161. The second kappa shape index (κ2) is 4.03. The first-order chi connectivity index (χ1) is 7.95. The van der Waals surface area contributed by atoms with E-state index in [4.69, 9.17) is 0 Å². The highest BCUT2D eigenvalue weighted by Crippen LogP contribution is 2.33. The Hall–Kier alpha value is -1.56. The number of nitrogens with zero attached hydrogens (tertiary/aromatic N) is 2. The summed E-state index contributed by atoms with van der Waals surface area (Å²) in [5.74, 6) is -0.747. The number of aromatic nitrogens is 2. The molecule has 94 valence electrons. The van der Waals surface area contributed by atoms with E-state index in [1.807, 2.05) is 0 Å². The first kappa shape index (κ1) is 11.9. The Morgan fingerprint density at radius 3 is 2.76 bits per heavy atom. The van der Waals surface area contributed by atoms with Gasteiger partial charge >= 0.3 is 11.7 Å². The standard InChI is InChI=1S/C11H16N2O4/c1-11(16,9(14)17-2)7-12-5-6-13(10(12)15)8-3-4-8/h5-6,8,16H,3-4,7H2,1-2H3. The van der Waals surface area contributed by atoms with Crippen molar-refractivity contribution in [2.75, 3.05) is 7.11 Å². The summed E-state index contributed by atoms with van der Waals surface area (Å²) in [5, 5.41) is 9.88. The van der Waals surface area contributed by atoms with Crippen LogP contribution in [0.4, 0.5) is 0 Å². The summed E-state index contributed by atoms with van der Waals surface area (Å²) < 4.78 is 7.44. The van der Waals surface area contributed by atoms with Crippen molar-refractivity contribution in [2.45, 2.75) is 38.0 Å². The monoisotopic (exact) mass is 240 g/mol. The number of hydrogen-bond donors (Lipinski definition) is 1. The summed E-state index contributed by atoms with van der Waals surface area (Å²) in [4.78, 5) is 23.2. The van der Waals surface area contributed by atoms with Crippen molar-refractivity contribution in [3.63, 3.8) is 0 Å². The number of methoxy groups -OCH3 is 1. The quantitative estimate of drug-likeness (QED) is 0.746. The van der Waals surface area contributed by atoms with Crippen molar-refractivity contribution >= 4 is 5.97 Å². The third-order valence-corrected chi connectivity index (χ3v) is 2.92. The number of imidazole rings is 1. The van der Waals surface area contributed by atoms with Gasteiger partial charge in [0, 0.05) is 18.4 Å². The number of carbonyl (C=O) groups excluding carboxylic acids is 1. The van der Waals surface area contributed by atoms with Crippen LogP contribution in [0.3, 0.4) is 0 Å².